The van der Waals surface area contributed by atoms with Crippen molar-refractivity contribution in [1.82, 2.24) is 0 Å². The Hall–Kier alpha value is -1.12. The highest BCUT2D eigenvalue weighted by Gasteiger charge is 2.41. The summed E-state index contributed by atoms with van der Waals surface area (Å²) in [4.78, 5) is 15.1. The van der Waals surface area contributed by atoms with Crippen LogP contribution in [-0.4, -0.2) is 11.2 Å². The van der Waals surface area contributed by atoms with Gasteiger partial charge in [-0.2, -0.15) is 4.99 Å². The van der Waals surface area contributed by atoms with Gasteiger partial charge in [0.1, 0.15) is 11.3 Å². The molecule has 1 aromatic carbocycles. The van der Waals surface area contributed by atoms with Crippen LogP contribution in [0.4, 0.5) is 0 Å². The van der Waals surface area contributed by atoms with Gasteiger partial charge in [-0.25, -0.2) is 4.79 Å². The number of rotatable bonds is 2. The number of hydrogen-bond acceptors (Lipinski definition) is 3. The number of aromatic hydroxyl groups is 1. The Bertz CT molecular complexity index is 626. The predicted octanol–water partition coefficient (Wildman–Crippen LogP) is 4.45. The fraction of sp³-hybridized carbons (Fsp3) is 0.588. The molecule has 0 spiro atoms. The molecule has 0 saturated heterocycles. The summed E-state index contributed by atoms with van der Waals surface area (Å²) in [5.74, 6) is 0.286. The molecule has 1 N–H and O–H groups in total. The molecule has 21 heavy (non-hydrogen) atoms. The Kier molecular flexibility index (Phi) is 3.94. The van der Waals surface area contributed by atoms with Crippen LogP contribution >= 0.6 is 15.9 Å². The number of nitrogens with zero attached hydrogens (tertiary/aromatic N) is 1. The van der Waals surface area contributed by atoms with Gasteiger partial charge in [-0.05, 0) is 78.1 Å². The van der Waals surface area contributed by atoms with E-state index in [-0.39, 0.29) is 5.75 Å². The van der Waals surface area contributed by atoms with E-state index in [1.54, 1.807) is 6.08 Å². The van der Waals surface area contributed by atoms with Crippen LogP contribution in [0.5, 0.6) is 5.75 Å². The molecule has 3 nitrogen and oxygen atoms in total. The van der Waals surface area contributed by atoms with Crippen molar-refractivity contribution < 1.29 is 9.90 Å². The van der Waals surface area contributed by atoms with Gasteiger partial charge in [0.25, 0.3) is 0 Å². The van der Waals surface area contributed by atoms with Crippen LogP contribution in [0.15, 0.2) is 9.47 Å². The quantitative estimate of drug-likeness (QED) is 0.633. The minimum atomic E-state index is -0.565. The number of hydrogen-bond donors (Lipinski definition) is 1. The monoisotopic (exact) mass is 349 g/mol. The zero-order valence-electron chi connectivity index (χ0n) is 12.3. The summed E-state index contributed by atoms with van der Waals surface area (Å²) >= 11 is 3.58. The molecule has 1 fully saturated rings. The highest BCUT2D eigenvalue weighted by atomic mass is 79.9. The molecule has 4 heteroatoms. The van der Waals surface area contributed by atoms with Gasteiger partial charge in [0.05, 0.1) is 4.47 Å². The van der Waals surface area contributed by atoms with E-state index < -0.39 is 5.54 Å². The second-order valence-corrected chi connectivity index (χ2v) is 7.06. The molecule has 112 valence electrons. The van der Waals surface area contributed by atoms with Crippen molar-refractivity contribution in [2.75, 3.05) is 0 Å². The molecule has 0 radical (unpaired) electrons. The number of phenols is 1. The van der Waals surface area contributed by atoms with Gasteiger partial charge < -0.3 is 5.11 Å². The van der Waals surface area contributed by atoms with E-state index >= 15 is 0 Å². The van der Waals surface area contributed by atoms with E-state index in [4.69, 9.17) is 0 Å². The zero-order valence-corrected chi connectivity index (χ0v) is 13.9. The maximum absolute atomic E-state index is 11.0. The van der Waals surface area contributed by atoms with Crippen molar-refractivity contribution in [2.24, 2.45) is 4.99 Å². The van der Waals surface area contributed by atoms with Crippen molar-refractivity contribution in [3.05, 3.63) is 26.7 Å². The normalized spacial score (nSPS) is 19.9. The average molecular weight is 350 g/mol. The second-order valence-electron chi connectivity index (χ2n) is 6.27. The zero-order chi connectivity index (χ0) is 15.0. The first-order valence-electron chi connectivity index (χ1n) is 7.73. The third kappa shape index (κ3) is 2.25. The lowest BCUT2D eigenvalue weighted by Gasteiger charge is -2.31. The Balaban J connectivity index is 2.27. The van der Waals surface area contributed by atoms with E-state index in [1.807, 2.05) is 0 Å². The molecule has 2 aliphatic carbocycles. The van der Waals surface area contributed by atoms with Crippen LogP contribution in [0.1, 0.15) is 60.8 Å². The fourth-order valence-corrected chi connectivity index (χ4v) is 4.81. The average Bonchev–Trinajstić information content (AvgIpc) is 2.95. The molecule has 0 aliphatic heterocycles. The lowest BCUT2D eigenvalue weighted by atomic mass is 9.79. The smallest absolute Gasteiger partial charge is 0.235 e. The lowest BCUT2D eigenvalue weighted by molar-refractivity contribution is 0.402. The standard InChI is InChI=1S/C17H20BrNO2/c1-11-12-6-2-3-7-13(12)15(18)16(21)14(11)17(19-10-20)8-4-5-9-17/h21H,2-9H2,1H3. The van der Waals surface area contributed by atoms with Crippen molar-refractivity contribution in [2.45, 2.75) is 63.8 Å². The number of phenolic OH excluding ortho intramolecular Hbond substituents is 1. The van der Waals surface area contributed by atoms with Crippen LogP contribution in [0.2, 0.25) is 0 Å². The predicted molar refractivity (Wildman–Crippen MR) is 85.5 cm³/mol. The van der Waals surface area contributed by atoms with Crippen molar-refractivity contribution >= 4 is 22.0 Å². The van der Waals surface area contributed by atoms with Gasteiger partial charge in [-0.1, -0.05) is 12.8 Å². The van der Waals surface area contributed by atoms with Crippen molar-refractivity contribution in [3.63, 3.8) is 0 Å². The highest BCUT2D eigenvalue weighted by Crippen LogP contribution is 2.51. The van der Waals surface area contributed by atoms with Gasteiger partial charge in [0.2, 0.25) is 6.08 Å². The van der Waals surface area contributed by atoms with E-state index in [0.717, 1.165) is 54.1 Å². The summed E-state index contributed by atoms with van der Waals surface area (Å²) in [7, 11) is 0. The molecule has 1 aromatic rings. The van der Waals surface area contributed by atoms with E-state index in [2.05, 4.69) is 27.8 Å². The molecule has 0 aromatic heterocycles. The molecule has 0 atom stereocenters. The van der Waals surface area contributed by atoms with E-state index in [1.165, 1.54) is 24.0 Å². The Morgan fingerprint density at radius 2 is 1.76 bits per heavy atom. The molecule has 0 unspecified atom stereocenters. The summed E-state index contributed by atoms with van der Waals surface area (Å²) in [6, 6.07) is 0. The molecular weight excluding hydrogens is 330 g/mol. The van der Waals surface area contributed by atoms with Gasteiger partial charge in [-0.15, -0.1) is 0 Å². The molecular formula is C17H20BrNO2. The first kappa shape index (κ1) is 14.8. The van der Waals surface area contributed by atoms with Gasteiger partial charge in [0.15, 0.2) is 0 Å². The number of aliphatic imine (C=N–C) groups is 1. The van der Waals surface area contributed by atoms with Crippen LogP contribution in [0, 0.1) is 6.92 Å². The summed E-state index contributed by atoms with van der Waals surface area (Å²) in [6.45, 7) is 2.08. The summed E-state index contributed by atoms with van der Waals surface area (Å²) in [5.41, 5.74) is 4.00. The minimum absolute atomic E-state index is 0.286. The number of benzene rings is 1. The Labute approximate surface area is 133 Å². The Morgan fingerprint density at radius 1 is 1.14 bits per heavy atom. The van der Waals surface area contributed by atoms with Gasteiger partial charge in [-0.3, -0.25) is 0 Å². The largest absolute Gasteiger partial charge is 0.506 e. The maximum Gasteiger partial charge on any atom is 0.235 e. The van der Waals surface area contributed by atoms with Crippen LogP contribution in [0.3, 0.4) is 0 Å². The first-order valence-corrected chi connectivity index (χ1v) is 8.52. The number of isocyanates is 1. The minimum Gasteiger partial charge on any atom is -0.506 e. The number of carbonyl (C=O) groups excluding carboxylic acids is 1. The SMILES string of the molecule is Cc1c2c(c(Br)c(O)c1C1(N=C=O)CCCC1)CCCC2. The third-order valence-electron chi connectivity index (χ3n) is 5.16. The van der Waals surface area contributed by atoms with Gasteiger partial charge in [0, 0.05) is 5.56 Å². The van der Waals surface area contributed by atoms with Crippen molar-refractivity contribution in [3.8, 4) is 5.75 Å². The van der Waals surface area contributed by atoms with E-state index in [9.17, 15) is 9.90 Å². The summed E-state index contributed by atoms with van der Waals surface area (Å²) in [6.07, 6.45) is 9.89. The molecule has 0 bridgehead atoms. The second kappa shape index (κ2) is 5.58. The topological polar surface area (TPSA) is 49.7 Å². The van der Waals surface area contributed by atoms with Gasteiger partial charge >= 0.3 is 0 Å². The molecule has 0 amide bonds. The Morgan fingerprint density at radius 3 is 2.38 bits per heavy atom. The molecule has 1 saturated carbocycles. The van der Waals surface area contributed by atoms with Crippen LogP contribution in [-0.2, 0) is 23.2 Å². The third-order valence-corrected chi connectivity index (χ3v) is 6.02. The van der Waals surface area contributed by atoms with Crippen LogP contribution < -0.4 is 0 Å². The molecule has 0 heterocycles. The fourth-order valence-electron chi connectivity index (χ4n) is 4.18. The maximum atomic E-state index is 11.0. The molecule has 2 aliphatic rings. The number of halogens is 1. The lowest BCUT2D eigenvalue weighted by Crippen LogP contribution is -2.23. The van der Waals surface area contributed by atoms with Crippen molar-refractivity contribution in [1.29, 1.82) is 0 Å². The highest BCUT2D eigenvalue weighted by molar-refractivity contribution is 9.10. The van der Waals surface area contributed by atoms with E-state index in [0.29, 0.717) is 0 Å². The summed E-state index contributed by atoms with van der Waals surface area (Å²) < 4.78 is 0.810. The number of fused-ring (bicyclic) bond motifs is 1. The molecule has 3 rings (SSSR count). The van der Waals surface area contributed by atoms with Crippen LogP contribution in [0.25, 0.3) is 0 Å². The first-order chi connectivity index (χ1) is 10.1. The summed E-state index contributed by atoms with van der Waals surface area (Å²) in [5, 5.41) is 10.7.